The predicted molar refractivity (Wildman–Crippen MR) is 54.3 cm³/mol. The molecule has 0 atom stereocenters. The quantitative estimate of drug-likeness (QED) is 0.672. The van der Waals surface area contributed by atoms with Crippen LogP contribution in [0.4, 0.5) is 0 Å². The molecule has 2 heteroatoms. The first-order chi connectivity index (χ1) is 6.29. The highest BCUT2D eigenvalue weighted by molar-refractivity contribution is 6.31. The Labute approximate surface area is 81.9 Å². The van der Waals surface area contributed by atoms with E-state index in [1.54, 1.807) is 7.11 Å². The molecule has 0 saturated heterocycles. The van der Waals surface area contributed by atoms with E-state index in [2.05, 4.69) is 6.07 Å². The van der Waals surface area contributed by atoms with Gasteiger partial charge in [0.25, 0.3) is 0 Å². The number of halogens is 1. The molecule has 0 bridgehead atoms. The minimum absolute atomic E-state index is 0.742. The molecule has 2 aromatic carbocycles. The van der Waals surface area contributed by atoms with Gasteiger partial charge < -0.3 is 4.74 Å². The van der Waals surface area contributed by atoms with E-state index in [4.69, 9.17) is 16.3 Å². The molecular formula is C11H8ClO. The van der Waals surface area contributed by atoms with Crippen molar-refractivity contribution in [2.24, 2.45) is 0 Å². The summed E-state index contributed by atoms with van der Waals surface area (Å²) in [5, 5.41) is 2.93. The maximum absolute atomic E-state index is 5.85. The van der Waals surface area contributed by atoms with Gasteiger partial charge in [-0.3, -0.25) is 0 Å². The normalized spacial score (nSPS) is 10.3. The summed E-state index contributed by atoms with van der Waals surface area (Å²) in [5.41, 5.74) is 0. The largest absolute Gasteiger partial charge is 0.496 e. The van der Waals surface area contributed by atoms with Gasteiger partial charge in [0.15, 0.2) is 0 Å². The number of hydrogen-bond donors (Lipinski definition) is 0. The second kappa shape index (κ2) is 3.27. The van der Waals surface area contributed by atoms with E-state index in [1.807, 2.05) is 30.3 Å². The average molecular weight is 192 g/mol. The van der Waals surface area contributed by atoms with Crippen LogP contribution in [0, 0.1) is 6.07 Å². The lowest BCUT2D eigenvalue weighted by molar-refractivity contribution is 0.414. The van der Waals surface area contributed by atoms with E-state index in [0.29, 0.717) is 0 Å². The Kier molecular flexibility index (Phi) is 2.11. The van der Waals surface area contributed by atoms with E-state index in [-0.39, 0.29) is 0 Å². The van der Waals surface area contributed by atoms with Crippen molar-refractivity contribution in [2.45, 2.75) is 0 Å². The molecule has 0 aliphatic heterocycles. The molecule has 2 aromatic rings. The van der Waals surface area contributed by atoms with Gasteiger partial charge in [-0.2, -0.15) is 0 Å². The summed E-state index contributed by atoms with van der Waals surface area (Å²) in [6.45, 7) is 0. The first kappa shape index (κ1) is 8.39. The molecule has 0 aliphatic carbocycles. The third kappa shape index (κ3) is 1.61. The average Bonchev–Trinajstić information content (AvgIpc) is 2.17. The first-order valence-corrected chi connectivity index (χ1v) is 4.32. The fraction of sp³-hybridized carbons (Fsp3) is 0.0909. The predicted octanol–water partition coefficient (Wildman–Crippen LogP) is 3.30. The molecule has 0 spiro atoms. The Balaban J connectivity index is 2.66. The van der Waals surface area contributed by atoms with Gasteiger partial charge in [-0.15, -0.1) is 0 Å². The zero-order valence-electron chi connectivity index (χ0n) is 7.17. The van der Waals surface area contributed by atoms with Crippen LogP contribution in [0.2, 0.25) is 5.02 Å². The van der Waals surface area contributed by atoms with Crippen molar-refractivity contribution < 1.29 is 4.74 Å². The molecule has 0 heterocycles. The zero-order chi connectivity index (χ0) is 9.26. The van der Waals surface area contributed by atoms with Gasteiger partial charge in [0.2, 0.25) is 0 Å². The summed E-state index contributed by atoms with van der Waals surface area (Å²) in [6.07, 6.45) is 0. The van der Waals surface area contributed by atoms with Gasteiger partial charge in [-0.25, -0.2) is 0 Å². The van der Waals surface area contributed by atoms with E-state index in [1.165, 1.54) is 0 Å². The van der Waals surface area contributed by atoms with Gasteiger partial charge in [-0.05, 0) is 35.0 Å². The molecule has 65 valence electrons. The van der Waals surface area contributed by atoms with Crippen molar-refractivity contribution in [1.82, 2.24) is 0 Å². The highest BCUT2D eigenvalue weighted by Gasteiger charge is 1.96. The van der Waals surface area contributed by atoms with Crippen molar-refractivity contribution in [1.29, 1.82) is 0 Å². The highest BCUT2D eigenvalue weighted by Crippen LogP contribution is 2.22. The monoisotopic (exact) mass is 191 g/mol. The van der Waals surface area contributed by atoms with Gasteiger partial charge in [-0.1, -0.05) is 17.7 Å². The standard InChI is InChI=1S/C11H8ClO/c1-13-11-5-3-8-6-10(12)4-2-9(8)7-11/h2-4,6-7H,1H3. The van der Waals surface area contributed by atoms with E-state index >= 15 is 0 Å². The summed E-state index contributed by atoms with van der Waals surface area (Å²) in [4.78, 5) is 0. The SMILES string of the molecule is COc1[c]cc2cc(Cl)ccc2c1. The van der Waals surface area contributed by atoms with Crippen LogP contribution >= 0.6 is 11.6 Å². The van der Waals surface area contributed by atoms with Gasteiger partial charge in [0.05, 0.1) is 7.11 Å². The Morgan fingerprint density at radius 2 is 2.08 bits per heavy atom. The van der Waals surface area contributed by atoms with Crippen molar-refractivity contribution in [2.75, 3.05) is 7.11 Å². The number of benzene rings is 2. The lowest BCUT2D eigenvalue weighted by Crippen LogP contribution is -1.82. The highest BCUT2D eigenvalue weighted by atomic mass is 35.5. The molecule has 13 heavy (non-hydrogen) atoms. The minimum atomic E-state index is 0.742. The molecule has 0 unspecified atom stereocenters. The Hall–Kier alpha value is -1.21. The summed E-state index contributed by atoms with van der Waals surface area (Å²) in [5.74, 6) is 0.745. The summed E-state index contributed by atoms with van der Waals surface area (Å²) in [7, 11) is 1.63. The second-order valence-corrected chi connectivity index (χ2v) is 3.21. The van der Waals surface area contributed by atoms with Crippen LogP contribution in [-0.4, -0.2) is 7.11 Å². The molecule has 0 fully saturated rings. The molecule has 1 nitrogen and oxygen atoms in total. The fourth-order valence-corrected chi connectivity index (χ4v) is 1.43. The van der Waals surface area contributed by atoms with Crippen LogP contribution in [0.25, 0.3) is 10.8 Å². The smallest absolute Gasteiger partial charge is 0.127 e. The molecule has 0 saturated carbocycles. The number of fused-ring (bicyclic) bond motifs is 1. The van der Waals surface area contributed by atoms with Crippen LogP contribution in [0.5, 0.6) is 5.75 Å². The Bertz CT molecular complexity index is 437. The van der Waals surface area contributed by atoms with Crippen LogP contribution < -0.4 is 4.74 Å². The number of ether oxygens (including phenoxy) is 1. The van der Waals surface area contributed by atoms with Crippen LogP contribution in [0.15, 0.2) is 30.3 Å². The first-order valence-electron chi connectivity index (χ1n) is 3.94. The molecule has 0 aromatic heterocycles. The summed E-state index contributed by atoms with van der Waals surface area (Å²) < 4.78 is 5.06. The van der Waals surface area contributed by atoms with Crippen molar-refractivity contribution in [3.8, 4) is 5.75 Å². The Morgan fingerprint density at radius 1 is 1.23 bits per heavy atom. The van der Waals surface area contributed by atoms with Gasteiger partial charge in [0.1, 0.15) is 5.75 Å². The molecule has 0 amide bonds. The Morgan fingerprint density at radius 3 is 2.85 bits per heavy atom. The summed E-state index contributed by atoms with van der Waals surface area (Å²) in [6, 6.07) is 12.6. The van der Waals surface area contributed by atoms with Crippen LogP contribution in [0.3, 0.4) is 0 Å². The second-order valence-electron chi connectivity index (χ2n) is 2.77. The number of hydrogen-bond acceptors (Lipinski definition) is 1. The lowest BCUT2D eigenvalue weighted by Gasteiger charge is -2.01. The molecule has 0 aliphatic rings. The number of rotatable bonds is 1. The van der Waals surface area contributed by atoms with Gasteiger partial charge in [0, 0.05) is 11.1 Å². The molecular weight excluding hydrogens is 184 g/mol. The summed E-state index contributed by atoms with van der Waals surface area (Å²) >= 11 is 5.85. The van der Waals surface area contributed by atoms with Crippen molar-refractivity contribution in [3.63, 3.8) is 0 Å². The fourth-order valence-electron chi connectivity index (χ4n) is 1.25. The maximum Gasteiger partial charge on any atom is 0.127 e. The number of methoxy groups -OCH3 is 1. The van der Waals surface area contributed by atoms with Gasteiger partial charge >= 0.3 is 0 Å². The van der Waals surface area contributed by atoms with Crippen LogP contribution in [0.1, 0.15) is 0 Å². The third-order valence-electron chi connectivity index (χ3n) is 1.93. The zero-order valence-corrected chi connectivity index (χ0v) is 7.93. The molecule has 1 radical (unpaired) electrons. The van der Waals surface area contributed by atoms with Crippen molar-refractivity contribution in [3.05, 3.63) is 41.4 Å². The van der Waals surface area contributed by atoms with E-state index in [0.717, 1.165) is 21.5 Å². The van der Waals surface area contributed by atoms with Crippen LogP contribution in [-0.2, 0) is 0 Å². The topological polar surface area (TPSA) is 9.23 Å². The molecule has 0 N–H and O–H groups in total. The third-order valence-corrected chi connectivity index (χ3v) is 2.16. The molecule has 2 rings (SSSR count). The minimum Gasteiger partial charge on any atom is -0.496 e. The van der Waals surface area contributed by atoms with Crippen molar-refractivity contribution >= 4 is 22.4 Å². The van der Waals surface area contributed by atoms with E-state index < -0.39 is 0 Å². The lowest BCUT2D eigenvalue weighted by atomic mass is 10.1. The maximum atomic E-state index is 5.85. The van der Waals surface area contributed by atoms with E-state index in [9.17, 15) is 0 Å².